The van der Waals surface area contributed by atoms with Crippen LogP contribution in [-0.2, 0) is 4.79 Å². The molecule has 0 radical (unpaired) electrons. The topological polar surface area (TPSA) is 159 Å². The number of H-pyrrole nitrogens is 2. The molecule has 3 fully saturated rings. The van der Waals surface area contributed by atoms with Crippen LogP contribution in [0.2, 0.25) is 0 Å². The van der Waals surface area contributed by atoms with Crippen LogP contribution in [0, 0.1) is 23.2 Å². The van der Waals surface area contributed by atoms with Gasteiger partial charge < -0.3 is 19.9 Å². The number of rotatable bonds is 4. The van der Waals surface area contributed by atoms with Crippen molar-refractivity contribution in [3.63, 3.8) is 0 Å². The van der Waals surface area contributed by atoms with E-state index in [0.29, 0.717) is 49.0 Å². The van der Waals surface area contributed by atoms with E-state index in [4.69, 9.17) is 15.2 Å². The number of fused-ring (bicyclic) bond motifs is 1. The smallest absolute Gasteiger partial charge is 0.326 e. The number of nitrogens with one attached hydrogen (secondary N) is 2. The van der Waals surface area contributed by atoms with Crippen LogP contribution in [-0.4, -0.2) is 72.7 Å². The second-order valence-corrected chi connectivity index (χ2v) is 9.04. The lowest BCUT2D eigenvalue weighted by molar-refractivity contribution is -0.133. The molecule has 34 heavy (non-hydrogen) atoms. The molecule has 0 spiro atoms. The van der Waals surface area contributed by atoms with Gasteiger partial charge in [0.2, 0.25) is 11.8 Å². The van der Waals surface area contributed by atoms with Crippen LogP contribution in [0.1, 0.15) is 25.0 Å². The third-order valence-corrected chi connectivity index (χ3v) is 6.55. The molecule has 12 heteroatoms. The molecule has 4 heterocycles. The van der Waals surface area contributed by atoms with Crippen LogP contribution < -0.4 is 21.3 Å². The lowest BCUT2D eigenvalue weighted by atomic mass is 10.2. The van der Waals surface area contributed by atoms with E-state index in [0.717, 1.165) is 18.7 Å². The molecule has 3 aromatic heterocycles. The van der Waals surface area contributed by atoms with Crippen LogP contribution >= 0.6 is 0 Å². The first-order chi connectivity index (χ1) is 16.5. The highest BCUT2D eigenvalue weighted by molar-refractivity contribution is 5.82. The molecular weight excluding hydrogens is 438 g/mol. The van der Waals surface area contributed by atoms with Gasteiger partial charge in [-0.2, -0.15) is 14.9 Å². The van der Waals surface area contributed by atoms with E-state index in [1.165, 1.54) is 0 Å². The molecule has 6 rings (SSSR count). The average Bonchev–Trinajstić information content (AvgIpc) is 3.75. The van der Waals surface area contributed by atoms with Crippen LogP contribution in [0.5, 0.6) is 5.88 Å². The van der Waals surface area contributed by atoms with E-state index in [1.807, 2.05) is 11.0 Å². The van der Waals surface area contributed by atoms with Gasteiger partial charge in [-0.1, -0.05) is 0 Å². The lowest BCUT2D eigenvalue weighted by Gasteiger charge is -2.35. The number of nitriles is 1. The number of anilines is 1. The van der Waals surface area contributed by atoms with Gasteiger partial charge in [0, 0.05) is 37.5 Å². The van der Waals surface area contributed by atoms with Gasteiger partial charge >= 0.3 is 5.69 Å². The summed E-state index contributed by atoms with van der Waals surface area (Å²) in [5.74, 6) is 0.288. The number of imidazole rings is 1. The summed E-state index contributed by atoms with van der Waals surface area (Å²) in [5, 5.41) is 24.0. The number of piperazine rings is 1. The van der Waals surface area contributed by atoms with Gasteiger partial charge in [0.15, 0.2) is 11.1 Å². The van der Waals surface area contributed by atoms with Crippen molar-refractivity contribution in [2.75, 3.05) is 31.1 Å². The first-order valence-corrected chi connectivity index (χ1v) is 11.4. The number of aromatic amines is 2. The van der Waals surface area contributed by atoms with Gasteiger partial charge in [0.1, 0.15) is 11.5 Å². The van der Waals surface area contributed by atoms with Crippen molar-refractivity contribution in [2.45, 2.75) is 25.3 Å². The fraction of sp³-hybridized carbons (Fsp3) is 0.455. The van der Waals surface area contributed by atoms with Gasteiger partial charge in [-0.25, -0.2) is 9.78 Å². The largest absolute Gasteiger partial charge is 0.493 e. The van der Waals surface area contributed by atoms with Crippen LogP contribution in [0.15, 0.2) is 22.1 Å². The summed E-state index contributed by atoms with van der Waals surface area (Å²) >= 11 is 0. The summed E-state index contributed by atoms with van der Waals surface area (Å²) in [5.41, 5.74) is 1.00. The predicted octanol–water partition coefficient (Wildman–Crippen LogP) is -1.13. The molecule has 3 N–H and O–H groups in total. The normalized spacial score (nSPS) is 23.5. The molecule has 1 aliphatic heterocycles. The lowest BCUT2D eigenvalue weighted by Crippen LogP contribution is -2.50. The molecule has 3 aromatic rings. The van der Waals surface area contributed by atoms with E-state index < -0.39 is 5.69 Å². The molecule has 3 aliphatic rings. The number of aromatic hydroxyl groups is 1. The highest BCUT2D eigenvalue weighted by Crippen LogP contribution is 2.39. The number of nitrogens with zero attached hydrogens (tertiary/aromatic N) is 7. The van der Waals surface area contributed by atoms with Crippen LogP contribution in [0.25, 0.3) is 11.7 Å². The third kappa shape index (κ3) is 3.68. The Labute approximate surface area is 192 Å². The van der Waals surface area contributed by atoms with Gasteiger partial charge in [-0.3, -0.25) is 14.8 Å². The maximum Gasteiger partial charge on any atom is 0.326 e. The maximum absolute atomic E-state index is 12.6. The summed E-state index contributed by atoms with van der Waals surface area (Å²) in [4.78, 5) is 42.5. The Bertz CT molecular complexity index is 1500. The van der Waals surface area contributed by atoms with Crippen molar-refractivity contribution in [3.8, 4) is 11.9 Å². The van der Waals surface area contributed by atoms with E-state index >= 15 is 0 Å². The number of carbonyl (C=O) groups excluding carboxylic acids is 1. The Morgan fingerprint density at radius 2 is 2.06 bits per heavy atom. The molecular formula is C22H23N9O3. The minimum absolute atomic E-state index is 0.0759. The van der Waals surface area contributed by atoms with Crippen LogP contribution in [0.4, 0.5) is 5.82 Å². The molecule has 0 aromatic carbocycles. The van der Waals surface area contributed by atoms with Crippen molar-refractivity contribution in [1.29, 1.82) is 5.26 Å². The van der Waals surface area contributed by atoms with Gasteiger partial charge in [-0.05, 0) is 25.3 Å². The molecule has 2 atom stereocenters. The van der Waals surface area contributed by atoms with Crippen molar-refractivity contribution in [2.24, 2.45) is 16.8 Å². The Morgan fingerprint density at radius 1 is 1.26 bits per heavy atom. The Balaban J connectivity index is 1.33. The van der Waals surface area contributed by atoms with Gasteiger partial charge in [0.05, 0.1) is 30.1 Å². The van der Waals surface area contributed by atoms with E-state index in [-0.39, 0.29) is 35.4 Å². The first-order valence-electron chi connectivity index (χ1n) is 11.4. The number of carbonyl (C=O) groups is 1. The molecule has 1 amide bonds. The Morgan fingerprint density at radius 3 is 2.71 bits per heavy atom. The number of amides is 1. The predicted molar refractivity (Wildman–Crippen MR) is 119 cm³/mol. The molecule has 1 saturated heterocycles. The van der Waals surface area contributed by atoms with Gasteiger partial charge in [0.25, 0.3) is 0 Å². The minimum Gasteiger partial charge on any atom is -0.493 e. The van der Waals surface area contributed by atoms with Crippen molar-refractivity contribution >= 4 is 23.4 Å². The molecule has 2 unspecified atom stereocenters. The SMILES string of the molecule is N#CC1CC1C(=O)N1CCN(c2cc(=NC3CC3)n3ncc(=Cc4[nH]c(=O)[nH]c4O)c3n2)CC1. The summed E-state index contributed by atoms with van der Waals surface area (Å²) in [6, 6.07) is 4.38. The summed E-state index contributed by atoms with van der Waals surface area (Å²) in [6.07, 6.45) is 6.00. The fourth-order valence-corrected chi connectivity index (χ4v) is 4.35. The molecule has 2 saturated carbocycles. The van der Waals surface area contributed by atoms with Crippen molar-refractivity contribution < 1.29 is 9.90 Å². The summed E-state index contributed by atoms with van der Waals surface area (Å²) < 4.78 is 1.67. The highest BCUT2D eigenvalue weighted by atomic mass is 16.3. The first kappa shape index (κ1) is 20.5. The number of hydrogen-bond donors (Lipinski definition) is 3. The molecule has 2 aliphatic carbocycles. The zero-order valence-corrected chi connectivity index (χ0v) is 18.3. The summed E-state index contributed by atoms with van der Waals surface area (Å²) in [7, 11) is 0. The van der Waals surface area contributed by atoms with Crippen molar-refractivity contribution in [3.05, 3.63) is 39.1 Å². The monoisotopic (exact) mass is 461 g/mol. The van der Waals surface area contributed by atoms with Crippen LogP contribution in [0.3, 0.4) is 0 Å². The number of hydrogen-bond acceptors (Lipinski definition) is 8. The fourth-order valence-electron chi connectivity index (χ4n) is 4.35. The van der Waals surface area contributed by atoms with Gasteiger partial charge in [-0.15, -0.1) is 0 Å². The molecule has 0 bridgehead atoms. The van der Waals surface area contributed by atoms with E-state index in [1.54, 1.807) is 16.8 Å². The quantitative estimate of drug-likeness (QED) is 0.443. The van der Waals surface area contributed by atoms with E-state index in [9.17, 15) is 14.7 Å². The summed E-state index contributed by atoms with van der Waals surface area (Å²) in [6.45, 7) is 2.40. The minimum atomic E-state index is -0.502. The highest BCUT2D eigenvalue weighted by Gasteiger charge is 2.45. The average molecular weight is 461 g/mol. The Kier molecular flexibility index (Phi) is 4.65. The Hall–Kier alpha value is -4.14. The molecule has 12 nitrogen and oxygen atoms in total. The van der Waals surface area contributed by atoms with Crippen molar-refractivity contribution in [1.82, 2.24) is 29.5 Å². The van der Waals surface area contributed by atoms with E-state index in [2.05, 4.69) is 26.0 Å². The molecule has 174 valence electrons. The second kappa shape index (κ2) is 7.72. The zero-order valence-electron chi connectivity index (χ0n) is 18.3. The zero-order chi connectivity index (χ0) is 23.4. The third-order valence-electron chi connectivity index (χ3n) is 6.55. The number of aromatic nitrogens is 5. The maximum atomic E-state index is 12.6. The standard InChI is InChI=1S/C22H23N9O3/c23-10-12-7-15(12)21(33)30-5-3-29(4-6-30)17-9-18(25-14-1-2-14)31-19(27-17)13(11-24-31)8-16-20(32)28-22(34)26-16/h8-9,11-12,14-15,32H,1-7H2,(H2,26,28,34). The second-order valence-electron chi connectivity index (χ2n) is 9.04.